The maximum absolute atomic E-state index is 14.4. The Morgan fingerprint density at radius 2 is 1.12 bits per heavy atom. The minimum atomic E-state index is -5.46. The molecule has 0 atom stereocenters. The summed E-state index contributed by atoms with van der Waals surface area (Å²) < 4.78 is 129. The number of benzene rings is 3. The van der Waals surface area contributed by atoms with E-state index >= 15 is 0 Å². The second-order valence-electron chi connectivity index (χ2n) is 6.56. The van der Waals surface area contributed by atoms with Crippen LogP contribution in [0.1, 0.15) is 11.1 Å². The van der Waals surface area contributed by atoms with Gasteiger partial charge in [0.25, 0.3) is 0 Å². The molecule has 0 aliphatic carbocycles. The quantitative estimate of drug-likeness (QED) is 0.369. The van der Waals surface area contributed by atoms with Crippen LogP contribution in [-0.4, -0.2) is 6.36 Å². The van der Waals surface area contributed by atoms with Gasteiger partial charge in [0.1, 0.15) is 22.9 Å². The third-order valence-corrected chi connectivity index (χ3v) is 4.15. The summed E-state index contributed by atoms with van der Waals surface area (Å²) in [4.78, 5) is 0. The van der Waals surface area contributed by atoms with Crippen molar-refractivity contribution in [3.63, 3.8) is 0 Å². The summed E-state index contributed by atoms with van der Waals surface area (Å²) in [5.74, 6) is -10.7. The Balaban J connectivity index is 1.94. The summed E-state index contributed by atoms with van der Waals surface area (Å²) in [7, 11) is 0. The number of rotatable bonds is 5. The fourth-order valence-corrected chi connectivity index (χ4v) is 2.77. The van der Waals surface area contributed by atoms with Crippen LogP contribution in [0.15, 0.2) is 48.5 Å². The van der Waals surface area contributed by atoms with Crippen molar-refractivity contribution in [2.24, 2.45) is 0 Å². The number of alkyl halides is 5. The second-order valence-corrected chi connectivity index (χ2v) is 6.56. The van der Waals surface area contributed by atoms with Gasteiger partial charge in [0.15, 0.2) is 11.6 Å². The topological polar surface area (TPSA) is 18.5 Å². The van der Waals surface area contributed by atoms with Crippen LogP contribution in [0.4, 0.5) is 39.5 Å². The molecule has 0 spiro atoms. The van der Waals surface area contributed by atoms with E-state index in [1.165, 1.54) is 12.1 Å². The van der Waals surface area contributed by atoms with Gasteiger partial charge in [-0.15, -0.1) is 13.2 Å². The zero-order valence-corrected chi connectivity index (χ0v) is 15.8. The summed E-state index contributed by atoms with van der Waals surface area (Å²) in [6, 6.07) is 7.41. The first-order valence-electron chi connectivity index (χ1n) is 8.65. The van der Waals surface area contributed by atoms with E-state index in [9.17, 15) is 39.5 Å². The molecule has 3 rings (SSSR count). The van der Waals surface area contributed by atoms with Crippen molar-refractivity contribution in [1.29, 1.82) is 0 Å². The van der Waals surface area contributed by atoms with Crippen molar-refractivity contribution < 1.29 is 49.0 Å². The summed E-state index contributed by atoms with van der Waals surface area (Å²) in [5, 5.41) is 0. The van der Waals surface area contributed by atoms with Crippen LogP contribution >= 0.6 is 0 Å². The Morgan fingerprint density at radius 1 is 0.625 bits per heavy atom. The first kappa shape index (κ1) is 23.3. The van der Waals surface area contributed by atoms with Gasteiger partial charge < -0.3 is 9.47 Å². The molecule has 32 heavy (non-hydrogen) atoms. The van der Waals surface area contributed by atoms with E-state index in [0.29, 0.717) is 17.7 Å². The SMILES string of the molecule is Cc1ccc(-c2cc(F)c(C(F)(F)Oc3cc(F)c(OC(F)(F)F)c(F)c3)c(F)c2)cc1. The van der Waals surface area contributed by atoms with E-state index in [0.717, 1.165) is 5.56 Å². The van der Waals surface area contributed by atoms with Crippen molar-refractivity contribution in [3.05, 3.63) is 82.9 Å². The molecular formula is C21H11F9O2. The van der Waals surface area contributed by atoms with Crippen LogP contribution in [0.2, 0.25) is 0 Å². The largest absolute Gasteiger partial charge is 0.573 e. The number of hydrogen-bond acceptors (Lipinski definition) is 2. The number of hydrogen-bond donors (Lipinski definition) is 0. The third kappa shape index (κ3) is 5.09. The van der Waals surface area contributed by atoms with Gasteiger partial charge in [-0.25, -0.2) is 17.6 Å². The van der Waals surface area contributed by atoms with E-state index in [2.05, 4.69) is 9.47 Å². The van der Waals surface area contributed by atoms with Crippen molar-refractivity contribution >= 4 is 0 Å². The van der Waals surface area contributed by atoms with Crippen LogP contribution in [0, 0.1) is 30.2 Å². The van der Waals surface area contributed by atoms with Gasteiger partial charge >= 0.3 is 12.5 Å². The van der Waals surface area contributed by atoms with E-state index < -0.39 is 52.8 Å². The summed E-state index contributed by atoms with van der Waals surface area (Å²) >= 11 is 0. The molecule has 0 aliphatic rings. The molecule has 0 bridgehead atoms. The first-order valence-corrected chi connectivity index (χ1v) is 8.65. The van der Waals surface area contributed by atoms with E-state index in [4.69, 9.17) is 0 Å². The lowest BCUT2D eigenvalue weighted by Gasteiger charge is -2.20. The highest BCUT2D eigenvalue weighted by Crippen LogP contribution is 2.39. The van der Waals surface area contributed by atoms with Gasteiger partial charge in [0.2, 0.25) is 5.75 Å². The Hall–Kier alpha value is -3.37. The highest BCUT2D eigenvalue weighted by Gasteiger charge is 2.42. The molecule has 0 heterocycles. The number of ether oxygens (including phenoxy) is 2. The molecule has 0 aliphatic heterocycles. The predicted molar refractivity (Wildman–Crippen MR) is 94.1 cm³/mol. The monoisotopic (exact) mass is 466 g/mol. The first-order chi connectivity index (χ1) is 14.8. The lowest BCUT2D eigenvalue weighted by Crippen LogP contribution is -2.25. The fraction of sp³-hybridized carbons (Fsp3) is 0.143. The second kappa shape index (κ2) is 8.29. The van der Waals surface area contributed by atoms with Crippen molar-refractivity contribution in [1.82, 2.24) is 0 Å². The molecule has 170 valence electrons. The summed E-state index contributed by atoms with van der Waals surface area (Å²) in [6.07, 6.45) is -10.2. The van der Waals surface area contributed by atoms with Crippen molar-refractivity contribution in [2.45, 2.75) is 19.4 Å². The molecule has 3 aromatic carbocycles. The van der Waals surface area contributed by atoms with E-state index in [-0.39, 0.29) is 17.7 Å². The Labute approximate surface area is 174 Å². The smallest absolute Gasteiger partial charge is 0.429 e. The Bertz CT molecular complexity index is 1090. The molecule has 0 radical (unpaired) electrons. The minimum absolute atomic E-state index is 0.0471. The maximum Gasteiger partial charge on any atom is 0.573 e. The molecule has 0 N–H and O–H groups in total. The van der Waals surface area contributed by atoms with E-state index in [1.807, 2.05) is 0 Å². The van der Waals surface area contributed by atoms with Crippen LogP contribution in [0.3, 0.4) is 0 Å². The zero-order chi connectivity index (χ0) is 23.8. The van der Waals surface area contributed by atoms with Crippen LogP contribution in [0.25, 0.3) is 11.1 Å². The fourth-order valence-electron chi connectivity index (χ4n) is 2.77. The van der Waals surface area contributed by atoms with Crippen LogP contribution in [-0.2, 0) is 6.11 Å². The minimum Gasteiger partial charge on any atom is -0.429 e. The van der Waals surface area contributed by atoms with Crippen molar-refractivity contribution in [2.75, 3.05) is 0 Å². The molecular weight excluding hydrogens is 455 g/mol. The van der Waals surface area contributed by atoms with Gasteiger partial charge in [-0.1, -0.05) is 29.8 Å². The molecule has 3 aromatic rings. The molecule has 0 amide bonds. The Kier molecular flexibility index (Phi) is 6.03. The average Bonchev–Trinajstić information content (AvgIpc) is 2.63. The molecule has 2 nitrogen and oxygen atoms in total. The van der Waals surface area contributed by atoms with Crippen LogP contribution in [0.5, 0.6) is 11.5 Å². The van der Waals surface area contributed by atoms with Gasteiger partial charge in [-0.2, -0.15) is 8.78 Å². The van der Waals surface area contributed by atoms with Crippen LogP contribution < -0.4 is 9.47 Å². The summed E-state index contributed by atoms with van der Waals surface area (Å²) in [6.45, 7) is 1.76. The molecule has 0 unspecified atom stereocenters. The molecule has 11 heteroatoms. The Morgan fingerprint density at radius 3 is 1.59 bits per heavy atom. The van der Waals surface area contributed by atoms with Gasteiger partial charge in [0.05, 0.1) is 0 Å². The normalized spacial score (nSPS) is 12.1. The third-order valence-electron chi connectivity index (χ3n) is 4.15. The van der Waals surface area contributed by atoms with Gasteiger partial charge in [0, 0.05) is 12.1 Å². The highest BCUT2D eigenvalue weighted by molar-refractivity contribution is 5.64. The number of halogens is 9. The molecule has 0 fully saturated rings. The maximum atomic E-state index is 14.4. The van der Waals surface area contributed by atoms with Gasteiger partial charge in [-0.05, 0) is 30.2 Å². The summed E-state index contributed by atoms with van der Waals surface area (Å²) in [5.41, 5.74) is -0.749. The predicted octanol–water partition coefficient (Wildman–Crippen LogP) is 7.25. The zero-order valence-electron chi connectivity index (χ0n) is 15.8. The lowest BCUT2D eigenvalue weighted by molar-refractivity contribution is -0.276. The number of aryl methyl sites for hydroxylation is 1. The van der Waals surface area contributed by atoms with Crippen molar-refractivity contribution in [3.8, 4) is 22.6 Å². The molecule has 0 saturated heterocycles. The molecule has 0 aromatic heterocycles. The average molecular weight is 466 g/mol. The highest BCUT2D eigenvalue weighted by atomic mass is 19.4. The standard InChI is InChI=1S/C21H11F9O2/c1-10-2-4-11(5-3-10)12-6-14(22)18(15(23)7-12)20(26,27)31-13-8-16(24)19(17(25)9-13)32-21(28,29)30/h2-9H,1H3. The van der Waals surface area contributed by atoms with Gasteiger partial charge in [-0.3, -0.25) is 0 Å². The lowest BCUT2D eigenvalue weighted by atomic mass is 10.0. The van der Waals surface area contributed by atoms with E-state index in [1.54, 1.807) is 19.1 Å². The molecule has 0 saturated carbocycles.